The summed E-state index contributed by atoms with van der Waals surface area (Å²) in [7, 11) is 4.77. The minimum atomic E-state index is -0.735. The van der Waals surface area contributed by atoms with Gasteiger partial charge in [-0.25, -0.2) is 0 Å². The van der Waals surface area contributed by atoms with Crippen molar-refractivity contribution in [1.82, 2.24) is 4.98 Å². The van der Waals surface area contributed by atoms with Crippen LogP contribution in [0.2, 0.25) is 0 Å². The fourth-order valence-corrected chi connectivity index (χ4v) is 4.29. The molecule has 0 radical (unpaired) electrons. The number of benzene rings is 2. The fourth-order valence-electron chi connectivity index (χ4n) is 4.29. The fraction of sp³-hybridized carbons (Fsp3) is 0.357. The van der Waals surface area contributed by atoms with Crippen molar-refractivity contribution in [2.24, 2.45) is 0 Å². The van der Waals surface area contributed by atoms with Crippen LogP contribution in [0.5, 0.6) is 23.0 Å². The van der Waals surface area contributed by atoms with Gasteiger partial charge in [-0.05, 0) is 56.7 Å². The van der Waals surface area contributed by atoms with Crippen molar-refractivity contribution < 1.29 is 28.5 Å². The van der Waals surface area contributed by atoms with E-state index in [0.717, 1.165) is 16.5 Å². The number of methoxy groups -OCH3 is 3. The molecule has 3 aromatic rings. The van der Waals surface area contributed by atoms with Crippen LogP contribution in [-0.4, -0.2) is 37.9 Å². The number of pyridine rings is 1. The first-order valence-electron chi connectivity index (χ1n) is 11.6. The van der Waals surface area contributed by atoms with Crippen LogP contribution in [0.25, 0.3) is 17.0 Å². The molecule has 0 saturated heterocycles. The predicted octanol–water partition coefficient (Wildman–Crippen LogP) is 5.88. The maximum absolute atomic E-state index is 12.8. The van der Waals surface area contributed by atoms with Crippen LogP contribution in [-0.2, 0) is 9.53 Å². The molecule has 184 valence electrons. The highest BCUT2D eigenvalue weighted by Crippen LogP contribution is 2.45. The van der Waals surface area contributed by atoms with E-state index in [1.165, 1.54) is 0 Å². The summed E-state index contributed by atoms with van der Waals surface area (Å²) in [5, 5.41) is 0.784. The zero-order valence-electron chi connectivity index (χ0n) is 21.0. The van der Waals surface area contributed by atoms with Gasteiger partial charge in [0, 0.05) is 35.2 Å². The molecule has 7 heteroatoms. The zero-order valence-corrected chi connectivity index (χ0v) is 21.0. The number of ether oxygens (including phenoxy) is 5. The second-order valence-corrected chi connectivity index (χ2v) is 8.88. The molecule has 1 aromatic heterocycles. The summed E-state index contributed by atoms with van der Waals surface area (Å²) in [6.45, 7) is 5.93. The van der Waals surface area contributed by atoms with Gasteiger partial charge in [0.15, 0.2) is 17.6 Å². The summed E-state index contributed by atoms with van der Waals surface area (Å²) >= 11 is 0. The second-order valence-electron chi connectivity index (χ2n) is 8.88. The van der Waals surface area contributed by atoms with Gasteiger partial charge in [-0.1, -0.05) is 6.92 Å². The van der Waals surface area contributed by atoms with Crippen molar-refractivity contribution >= 4 is 22.9 Å². The SMILES string of the molecule is CCCC(=O)OC(c1ccc2c(c1OC)C=CC(C)(C)O2)c1ccnc2cc(OC)c(OC)cc12. The van der Waals surface area contributed by atoms with Crippen LogP contribution in [0.1, 0.15) is 56.4 Å². The molecule has 1 atom stereocenters. The van der Waals surface area contributed by atoms with E-state index in [1.54, 1.807) is 27.5 Å². The van der Waals surface area contributed by atoms with Crippen LogP contribution in [0.15, 0.2) is 42.6 Å². The number of fused-ring (bicyclic) bond motifs is 2. The number of hydrogen-bond acceptors (Lipinski definition) is 7. The molecule has 4 rings (SSSR count). The predicted molar refractivity (Wildman–Crippen MR) is 134 cm³/mol. The summed E-state index contributed by atoms with van der Waals surface area (Å²) in [6.07, 6.45) is 5.92. The van der Waals surface area contributed by atoms with Crippen molar-refractivity contribution in [1.29, 1.82) is 0 Å². The first kappa shape index (κ1) is 24.4. The summed E-state index contributed by atoms with van der Waals surface area (Å²) in [6, 6.07) is 9.31. The van der Waals surface area contributed by atoms with Gasteiger partial charge >= 0.3 is 5.97 Å². The number of hydrogen-bond donors (Lipinski definition) is 0. The van der Waals surface area contributed by atoms with Crippen molar-refractivity contribution in [2.45, 2.75) is 45.3 Å². The molecule has 35 heavy (non-hydrogen) atoms. The molecule has 0 aliphatic carbocycles. The van der Waals surface area contributed by atoms with E-state index in [-0.39, 0.29) is 5.97 Å². The third-order valence-electron chi connectivity index (χ3n) is 5.96. The number of carbonyl (C=O) groups excluding carboxylic acids is 1. The lowest BCUT2D eigenvalue weighted by Gasteiger charge is -2.30. The van der Waals surface area contributed by atoms with Gasteiger partial charge in [0.1, 0.15) is 17.1 Å². The van der Waals surface area contributed by atoms with Gasteiger partial charge in [-0.15, -0.1) is 0 Å². The Hall–Kier alpha value is -3.74. The molecular weight excluding hydrogens is 446 g/mol. The molecule has 0 fully saturated rings. The average Bonchev–Trinajstić information content (AvgIpc) is 2.85. The van der Waals surface area contributed by atoms with Gasteiger partial charge in [-0.3, -0.25) is 9.78 Å². The Kier molecular flexibility index (Phi) is 6.87. The standard InChI is InChI=1S/C28H31NO6/c1-7-8-25(30)34-27(17-12-14-29-21-16-24(32-5)23(31-4)15-20(17)21)19-9-10-22-18(26(19)33-6)11-13-28(2,3)35-22/h9-16,27H,7-8H2,1-6H3. The Morgan fingerprint density at radius 3 is 2.46 bits per heavy atom. The Morgan fingerprint density at radius 1 is 1.03 bits per heavy atom. The highest BCUT2D eigenvalue weighted by molar-refractivity contribution is 5.87. The monoisotopic (exact) mass is 477 g/mol. The average molecular weight is 478 g/mol. The third-order valence-corrected chi connectivity index (χ3v) is 5.96. The molecule has 1 aliphatic rings. The number of aromatic nitrogens is 1. The first-order valence-corrected chi connectivity index (χ1v) is 11.6. The summed E-state index contributed by atoms with van der Waals surface area (Å²) in [5.41, 5.74) is 2.55. The normalized spacial score (nSPS) is 14.6. The quantitative estimate of drug-likeness (QED) is 0.375. The van der Waals surface area contributed by atoms with E-state index in [0.29, 0.717) is 46.9 Å². The Balaban J connectivity index is 1.94. The number of carbonyl (C=O) groups is 1. The van der Waals surface area contributed by atoms with E-state index in [9.17, 15) is 4.79 Å². The topological polar surface area (TPSA) is 76.1 Å². The Bertz CT molecular complexity index is 1280. The third kappa shape index (κ3) is 4.76. The molecule has 7 nitrogen and oxygen atoms in total. The smallest absolute Gasteiger partial charge is 0.306 e. The van der Waals surface area contributed by atoms with Gasteiger partial charge in [0.2, 0.25) is 0 Å². The van der Waals surface area contributed by atoms with Crippen LogP contribution < -0.4 is 18.9 Å². The summed E-state index contributed by atoms with van der Waals surface area (Å²) in [4.78, 5) is 17.3. The van der Waals surface area contributed by atoms with E-state index in [4.69, 9.17) is 23.7 Å². The van der Waals surface area contributed by atoms with Crippen LogP contribution in [0.3, 0.4) is 0 Å². The molecule has 2 aromatic carbocycles. The van der Waals surface area contributed by atoms with E-state index in [1.807, 2.05) is 63.3 Å². The maximum Gasteiger partial charge on any atom is 0.306 e. The molecule has 0 bridgehead atoms. The number of rotatable bonds is 8. The molecule has 1 unspecified atom stereocenters. The van der Waals surface area contributed by atoms with E-state index >= 15 is 0 Å². The second kappa shape index (κ2) is 9.86. The zero-order chi connectivity index (χ0) is 25.2. The molecular formula is C28H31NO6. The minimum absolute atomic E-state index is 0.296. The lowest BCUT2D eigenvalue weighted by Crippen LogP contribution is -2.27. The molecule has 0 saturated carbocycles. The maximum atomic E-state index is 12.8. The number of nitrogens with zero attached hydrogens (tertiary/aromatic N) is 1. The summed E-state index contributed by atoms with van der Waals surface area (Å²) < 4.78 is 29.1. The molecule has 2 heterocycles. The highest BCUT2D eigenvalue weighted by Gasteiger charge is 2.30. The van der Waals surface area contributed by atoms with Crippen molar-refractivity contribution in [3.05, 3.63) is 59.3 Å². The lowest BCUT2D eigenvalue weighted by molar-refractivity contribution is -0.147. The van der Waals surface area contributed by atoms with Crippen molar-refractivity contribution in [3.63, 3.8) is 0 Å². The molecule has 0 spiro atoms. The Labute approximate surface area is 205 Å². The highest BCUT2D eigenvalue weighted by atomic mass is 16.5. The molecule has 0 N–H and O–H groups in total. The Morgan fingerprint density at radius 2 is 1.77 bits per heavy atom. The van der Waals surface area contributed by atoms with E-state index < -0.39 is 11.7 Å². The van der Waals surface area contributed by atoms with Crippen LogP contribution in [0, 0.1) is 0 Å². The van der Waals surface area contributed by atoms with Gasteiger partial charge in [0.25, 0.3) is 0 Å². The van der Waals surface area contributed by atoms with Crippen molar-refractivity contribution in [3.8, 4) is 23.0 Å². The van der Waals surface area contributed by atoms with Crippen molar-refractivity contribution in [2.75, 3.05) is 21.3 Å². The van der Waals surface area contributed by atoms with E-state index in [2.05, 4.69) is 4.98 Å². The van der Waals surface area contributed by atoms with Crippen LogP contribution >= 0.6 is 0 Å². The molecule has 0 amide bonds. The first-order chi connectivity index (χ1) is 16.8. The van der Waals surface area contributed by atoms with Gasteiger partial charge in [-0.2, -0.15) is 0 Å². The van der Waals surface area contributed by atoms with Gasteiger partial charge in [0.05, 0.1) is 32.4 Å². The minimum Gasteiger partial charge on any atom is -0.496 e. The van der Waals surface area contributed by atoms with Crippen LogP contribution in [0.4, 0.5) is 0 Å². The largest absolute Gasteiger partial charge is 0.496 e. The summed E-state index contributed by atoms with van der Waals surface area (Å²) in [5.74, 6) is 2.14. The van der Waals surface area contributed by atoms with Gasteiger partial charge < -0.3 is 23.7 Å². The molecule has 1 aliphatic heterocycles. The lowest BCUT2D eigenvalue weighted by atomic mass is 9.93. The number of esters is 1.